The van der Waals surface area contributed by atoms with Crippen molar-refractivity contribution >= 4 is 19.9 Å². The minimum atomic E-state index is -4.24. The van der Waals surface area contributed by atoms with Gasteiger partial charge in [0.25, 0.3) is 0 Å². The third-order valence-electron chi connectivity index (χ3n) is 4.80. The number of sulfonamides is 1. The Bertz CT molecular complexity index is 1070. The summed E-state index contributed by atoms with van der Waals surface area (Å²) in [6.45, 7) is -0.0964. The summed E-state index contributed by atoms with van der Waals surface area (Å²) >= 11 is 0. The molecular weight excluding hydrogens is 418 g/mol. The highest BCUT2D eigenvalue weighted by Gasteiger charge is 2.45. The number of aliphatic hydroxyl groups excluding tert-OH is 1. The van der Waals surface area contributed by atoms with E-state index >= 15 is 0 Å². The maximum Gasteiger partial charge on any atom is 0.247 e. The smallest absolute Gasteiger partial charge is 0.247 e. The van der Waals surface area contributed by atoms with Gasteiger partial charge in [0.15, 0.2) is 9.84 Å². The molecule has 1 aliphatic rings. The van der Waals surface area contributed by atoms with Crippen LogP contribution in [0.3, 0.4) is 0 Å². The molecule has 2 aromatic carbocycles. The van der Waals surface area contributed by atoms with Crippen LogP contribution in [0, 0.1) is 0 Å². The minimum Gasteiger partial charge on any atom is -0.497 e. The van der Waals surface area contributed by atoms with E-state index in [1.165, 1.54) is 26.4 Å². The van der Waals surface area contributed by atoms with Gasteiger partial charge in [-0.15, -0.1) is 0 Å². The van der Waals surface area contributed by atoms with E-state index in [-0.39, 0.29) is 17.2 Å². The molecule has 1 aliphatic heterocycles. The lowest BCUT2D eigenvalue weighted by atomic mass is 10.2. The standard InChI is InChI=1S/C19H23NO7S2/c1-26-15-8-9-18(27-2)19(10-15)29(24,25)20(11-14-6-4-3-5-7-14)16-12-28(22,23)13-17(16)21/h3-10,16-17,21H,11-13H2,1-2H3/t16-,17-/m0/s1. The van der Waals surface area contributed by atoms with Crippen LogP contribution >= 0.6 is 0 Å². The highest BCUT2D eigenvalue weighted by atomic mass is 32.2. The zero-order valence-corrected chi connectivity index (χ0v) is 17.7. The Morgan fingerprint density at radius 2 is 1.76 bits per heavy atom. The first-order chi connectivity index (χ1) is 13.7. The molecule has 3 rings (SSSR count). The minimum absolute atomic E-state index is 0.0964. The number of hydrogen-bond donors (Lipinski definition) is 1. The van der Waals surface area contributed by atoms with Gasteiger partial charge in [0.2, 0.25) is 10.0 Å². The van der Waals surface area contributed by atoms with Crippen molar-refractivity contribution in [2.24, 2.45) is 0 Å². The topological polar surface area (TPSA) is 110 Å². The van der Waals surface area contributed by atoms with Gasteiger partial charge in [-0.05, 0) is 17.7 Å². The predicted octanol–water partition coefficient (Wildman–Crippen LogP) is 1.05. The predicted molar refractivity (Wildman–Crippen MR) is 107 cm³/mol. The average molecular weight is 442 g/mol. The highest BCUT2D eigenvalue weighted by Crippen LogP contribution is 2.34. The van der Waals surface area contributed by atoms with Crippen LogP contribution in [0.15, 0.2) is 53.4 Å². The average Bonchev–Trinajstić information content (AvgIpc) is 2.98. The first kappa shape index (κ1) is 21.6. The molecule has 0 spiro atoms. The quantitative estimate of drug-likeness (QED) is 0.684. The van der Waals surface area contributed by atoms with Crippen molar-refractivity contribution in [3.05, 3.63) is 54.1 Å². The van der Waals surface area contributed by atoms with Gasteiger partial charge in [-0.25, -0.2) is 16.8 Å². The van der Waals surface area contributed by atoms with Crippen LogP contribution in [0.2, 0.25) is 0 Å². The largest absolute Gasteiger partial charge is 0.497 e. The number of aliphatic hydroxyl groups is 1. The van der Waals surface area contributed by atoms with Crippen molar-refractivity contribution in [3.8, 4) is 11.5 Å². The van der Waals surface area contributed by atoms with Crippen molar-refractivity contribution < 1.29 is 31.4 Å². The molecule has 10 heteroatoms. The Morgan fingerprint density at radius 1 is 1.07 bits per heavy atom. The fourth-order valence-corrected chi connectivity index (χ4v) is 7.05. The number of methoxy groups -OCH3 is 2. The summed E-state index contributed by atoms with van der Waals surface area (Å²) in [7, 11) is -5.05. The Hall–Kier alpha value is -2.14. The van der Waals surface area contributed by atoms with Gasteiger partial charge in [0.05, 0.1) is 37.9 Å². The number of benzene rings is 2. The monoisotopic (exact) mass is 441 g/mol. The lowest BCUT2D eigenvalue weighted by molar-refractivity contribution is 0.125. The maximum absolute atomic E-state index is 13.6. The second-order valence-corrected chi connectivity index (χ2v) is 10.8. The molecule has 1 N–H and O–H groups in total. The summed E-state index contributed by atoms with van der Waals surface area (Å²) in [5.41, 5.74) is 0.662. The van der Waals surface area contributed by atoms with Gasteiger partial charge >= 0.3 is 0 Å². The van der Waals surface area contributed by atoms with Crippen LogP contribution in [0.25, 0.3) is 0 Å². The maximum atomic E-state index is 13.6. The number of sulfone groups is 1. The molecule has 0 radical (unpaired) electrons. The van der Waals surface area contributed by atoms with Gasteiger partial charge in [0.1, 0.15) is 16.4 Å². The summed E-state index contributed by atoms with van der Waals surface area (Å²) in [6, 6.07) is 12.0. The fraction of sp³-hybridized carbons (Fsp3) is 0.368. The summed E-state index contributed by atoms with van der Waals surface area (Å²) < 4.78 is 62.8. The van der Waals surface area contributed by atoms with Crippen LogP contribution in [-0.4, -0.2) is 64.1 Å². The molecule has 2 aromatic rings. The van der Waals surface area contributed by atoms with Crippen LogP contribution < -0.4 is 9.47 Å². The number of hydrogen-bond acceptors (Lipinski definition) is 7. The molecule has 2 atom stereocenters. The van der Waals surface area contributed by atoms with Crippen molar-refractivity contribution in [1.29, 1.82) is 0 Å². The number of ether oxygens (including phenoxy) is 2. The molecule has 0 bridgehead atoms. The molecule has 1 saturated heterocycles. The molecule has 29 heavy (non-hydrogen) atoms. The van der Waals surface area contributed by atoms with Crippen LogP contribution in [0.4, 0.5) is 0 Å². The highest BCUT2D eigenvalue weighted by molar-refractivity contribution is 7.92. The molecule has 0 aliphatic carbocycles. The fourth-order valence-electron chi connectivity index (χ4n) is 3.34. The Balaban J connectivity index is 2.12. The third-order valence-corrected chi connectivity index (χ3v) is 8.39. The van der Waals surface area contributed by atoms with Gasteiger partial charge in [-0.3, -0.25) is 0 Å². The molecule has 0 saturated carbocycles. The van der Waals surface area contributed by atoms with Gasteiger partial charge in [-0.1, -0.05) is 30.3 Å². The first-order valence-corrected chi connectivity index (χ1v) is 12.1. The molecule has 8 nitrogen and oxygen atoms in total. The summed E-state index contributed by atoms with van der Waals surface area (Å²) in [5, 5.41) is 10.4. The normalized spacial score (nSPS) is 21.2. The van der Waals surface area contributed by atoms with E-state index in [0.717, 1.165) is 4.31 Å². The van der Waals surface area contributed by atoms with Crippen LogP contribution in [-0.2, 0) is 26.4 Å². The lowest BCUT2D eigenvalue weighted by Gasteiger charge is -2.30. The summed E-state index contributed by atoms with van der Waals surface area (Å²) in [4.78, 5) is -0.160. The third kappa shape index (κ3) is 4.55. The van der Waals surface area contributed by atoms with Gasteiger partial charge < -0.3 is 14.6 Å². The molecule has 0 amide bonds. The van der Waals surface area contributed by atoms with E-state index in [1.807, 2.05) is 0 Å². The summed E-state index contributed by atoms with van der Waals surface area (Å²) in [6.07, 6.45) is -1.32. The van der Waals surface area contributed by atoms with E-state index < -0.39 is 43.5 Å². The van der Waals surface area contributed by atoms with Gasteiger partial charge in [0, 0.05) is 12.6 Å². The zero-order valence-electron chi connectivity index (χ0n) is 16.1. The van der Waals surface area contributed by atoms with Crippen molar-refractivity contribution in [2.45, 2.75) is 23.6 Å². The first-order valence-electron chi connectivity index (χ1n) is 8.84. The van der Waals surface area contributed by atoms with Crippen molar-refractivity contribution in [3.63, 3.8) is 0 Å². The lowest BCUT2D eigenvalue weighted by Crippen LogP contribution is -2.46. The Labute approximate surface area is 170 Å². The molecule has 0 unspecified atom stereocenters. The van der Waals surface area contributed by atoms with E-state index in [0.29, 0.717) is 11.3 Å². The van der Waals surface area contributed by atoms with Gasteiger partial charge in [-0.2, -0.15) is 4.31 Å². The summed E-state index contributed by atoms with van der Waals surface area (Å²) in [5.74, 6) is -0.525. The molecule has 158 valence electrons. The van der Waals surface area contributed by atoms with E-state index in [2.05, 4.69) is 0 Å². The van der Waals surface area contributed by atoms with Crippen molar-refractivity contribution in [2.75, 3.05) is 25.7 Å². The van der Waals surface area contributed by atoms with E-state index in [1.54, 1.807) is 36.4 Å². The van der Waals surface area contributed by atoms with Crippen LogP contribution in [0.5, 0.6) is 11.5 Å². The second-order valence-electron chi connectivity index (χ2n) is 6.76. The Kier molecular flexibility index (Phi) is 6.18. The van der Waals surface area contributed by atoms with E-state index in [9.17, 15) is 21.9 Å². The number of rotatable bonds is 7. The Morgan fingerprint density at radius 3 is 2.31 bits per heavy atom. The molecular formula is C19H23NO7S2. The van der Waals surface area contributed by atoms with Crippen LogP contribution in [0.1, 0.15) is 5.56 Å². The van der Waals surface area contributed by atoms with E-state index in [4.69, 9.17) is 9.47 Å². The second kappa shape index (κ2) is 8.31. The number of nitrogens with zero attached hydrogens (tertiary/aromatic N) is 1. The SMILES string of the molecule is COc1ccc(OC)c(S(=O)(=O)N(Cc2ccccc2)[C@H]2CS(=O)(=O)C[C@@H]2O)c1. The zero-order chi connectivity index (χ0) is 21.2. The molecule has 1 fully saturated rings. The molecule has 0 aromatic heterocycles. The van der Waals surface area contributed by atoms with Crippen molar-refractivity contribution in [1.82, 2.24) is 4.31 Å². The molecule has 1 heterocycles.